The topological polar surface area (TPSA) is 63.6 Å². The lowest BCUT2D eigenvalue weighted by atomic mass is 10.1. The van der Waals surface area contributed by atoms with Gasteiger partial charge in [0.1, 0.15) is 13.1 Å². The lowest BCUT2D eigenvalue weighted by molar-refractivity contribution is -0.916. The molecular weight excluding hydrogens is 314 g/mol. The van der Waals surface area contributed by atoms with Crippen LogP contribution in [-0.4, -0.2) is 38.7 Å². The van der Waals surface area contributed by atoms with Gasteiger partial charge < -0.3 is 4.48 Å². The molecule has 0 saturated carbocycles. The Labute approximate surface area is 138 Å². The Morgan fingerprint density at radius 2 is 1.17 bits per heavy atom. The van der Waals surface area contributed by atoms with Gasteiger partial charge in [-0.3, -0.25) is 8.74 Å². The van der Waals surface area contributed by atoms with E-state index in [4.69, 9.17) is 4.55 Å². The summed E-state index contributed by atoms with van der Waals surface area (Å²) in [6.45, 7) is 2.13. The molecule has 0 aromatic heterocycles. The molecule has 23 heavy (non-hydrogen) atoms. The zero-order valence-corrected chi connectivity index (χ0v) is 14.5. The van der Waals surface area contributed by atoms with E-state index in [1.54, 1.807) is 0 Å². The zero-order valence-electron chi connectivity index (χ0n) is 13.7. The molecule has 5 nitrogen and oxygen atoms in total. The Hall–Kier alpha value is -1.73. The van der Waals surface area contributed by atoms with Crippen LogP contribution in [0.3, 0.4) is 0 Å². The molecule has 0 aliphatic carbocycles. The number of quaternary nitrogens is 1. The number of rotatable bonds is 5. The van der Waals surface area contributed by atoms with Crippen molar-refractivity contribution in [2.24, 2.45) is 0 Å². The Kier molecular flexibility index (Phi) is 7.38. The Bertz CT molecular complexity index is 627. The lowest BCUT2D eigenvalue weighted by Crippen LogP contribution is -2.37. The molecule has 2 aromatic rings. The molecule has 0 amide bonds. The van der Waals surface area contributed by atoms with E-state index in [0.29, 0.717) is 0 Å². The first-order valence-corrected chi connectivity index (χ1v) is 8.51. The smallest absolute Gasteiger partial charge is 0.321 e. The largest absolute Gasteiger partial charge is 0.397 e. The summed E-state index contributed by atoms with van der Waals surface area (Å²) in [5.41, 5.74) is 2.79. The summed E-state index contributed by atoms with van der Waals surface area (Å²) in [6.07, 6.45) is 0. The molecule has 0 fully saturated rings. The molecule has 2 aromatic carbocycles. The quantitative estimate of drug-likeness (QED) is 0.672. The van der Waals surface area contributed by atoms with Crippen molar-refractivity contribution < 1.29 is 21.6 Å². The molecule has 0 saturated heterocycles. The van der Waals surface area contributed by atoms with Gasteiger partial charge in [0.25, 0.3) is 0 Å². The average Bonchev–Trinajstić information content (AvgIpc) is 2.48. The van der Waals surface area contributed by atoms with Crippen molar-refractivity contribution in [2.75, 3.05) is 21.2 Å². The molecule has 2 rings (SSSR count). The second-order valence-electron chi connectivity index (χ2n) is 5.82. The molecule has 0 unspecified atom stereocenters. The van der Waals surface area contributed by atoms with Gasteiger partial charge in [-0.25, -0.2) is 0 Å². The van der Waals surface area contributed by atoms with Gasteiger partial charge in [0.15, 0.2) is 0 Å². The summed E-state index contributed by atoms with van der Waals surface area (Å²) in [4.78, 5) is 0. The number of benzene rings is 2. The van der Waals surface area contributed by atoms with E-state index >= 15 is 0 Å². The fourth-order valence-corrected chi connectivity index (χ4v) is 2.21. The van der Waals surface area contributed by atoms with E-state index in [1.807, 2.05) is 0 Å². The highest BCUT2D eigenvalue weighted by atomic mass is 32.3. The van der Waals surface area contributed by atoms with Gasteiger partial charge in [0.05, 0.1) is 21.2 Å². The van der Waals surface area contributed by atoms with Crippen LogP contribution in [-0.2, 0) is 27.7 Å². The van der Waals surface area contributed by atoms with Crippen molar-refractivity contribution in [3.05, 3.63) is 71.8 Å². The number of nitrogens with zero attached hydrogens (tertiary/aromatic N) is 1. The van der Waals surface area contributed by atoms with Crippen LogP contribution in [0.2, 0.25) is 0 Å². The van der Waals surface area contributed by atoms with Gasteiger partial charge in [0, 0.05) is 11.1 Å². The van der Waals surface area contributed by atoms with Crippen molar-refractivity contribution in [1.29, 1.82) is 0 Å². The van der Waals surface area contributed by atoms with Crippen LogP contribution in [0.5, 0.6) is 0 Å². The maximum Gasteiger partial charge on any atom is 0.397 e. The third kappa shape index (κ3) is 9.10. The summed E-state index contributed by atoms with van der Waals surface area (Å²) in [5.74, 6) is 0. The normalized spacial score (nSPS) is 11.5. The van der Waals surface area contributed by atoms with Crippen molar-refractivity contribution >= 4 is 10.4 Å². The minimum absolute atomic E-state index is 0.870. The van der Waals surface area contributed by atoms with Crippen molar-refractivity contribution in [3.8, 4) is 0 Å². The Balaban J connectivity index is 0.000000379. The highest BCUT2D eigenvalue weighted by molar-refractivity contribution is 7.80. The van der Waals surface area contributed by atoms with Gasteiger partial charge in [-0.05, 0) is 0 Å². The molecule has 0 atom stereocenters. The molecule has 0 aliphatic heterocycles. The summed E-state index contributed by atoms with van der Waals surface area (Å²) >= 11 is 0. The van der Waals surface area contributed by atoms with Crippen LogP contribution in [0.25, 0.3) is 0 Å². The standard InChI is InChI=1S/C16H20N.CH4O4S/c1-17(2,13-15-9-5-3-6-10-15)14-16-11-7-4-8-12-16;1-5-6(2,3)4/h3-12H,13-14H2,1-2H3;1H3,(H,2,3,4)/q+1;. The summed E-state index contributed by atoms with van der Waals surface area (Å²) in [5, 5.41) is 0. The van der Waals surface area contributed by atoms with Crippen LogP contribution in [0.15, 0.2) is 60.7 Å². The first-order valence-electron chi connectivity index (χ1n) is 7.15. The molecule has 0 aliphatic rings. The van der Waals surface area contributed by atoms with E-state index in [0.717, 1.165) is 24.7 Å². The lowest BCUT2D eigenvalue weighted by Gasteiger charge is -2.30. The first kappa shape index (κ1) is 19.3. The highest BCUT2D eigenvalue weighted by Crippen LogP contribution is 2.14. The molecule has 6 heteroatoms. The van der Waals surface area contributed by atoms with Crippen molar-refractivity contribution in [1.82, 2.24) is 0 Å². The average molecular weight is 338 g/mol. The van der Waals surface area contributed by atoms with Crippen LogP contribution in [0.4, 0.5) is 0 Å². The second kappa shape index (κ2) is 8.79. The monoisotopic (exact) mass is 338 g/mol. The summed E-state index contributed by atoms with van der Waals surface area (Å²) in [7, 11) is 1.26. The van der Waals surface area contributed by atoms with Gasteiger partial charge in [-0.1, -0.05) is 60.7 Å². The first-order chi connectivity index (χ1) is 10.7. The van der Waals surface area contributed by atoms with E-state index in [-0.39, 0.29) is 0 Å². The van der Waals surface area contributed by atoms with E-state index < -0.39 is 10.4 Å². The maximum atomic E-state index is 9.33. The van der Waals surface area contributed by atoms with E-state index in [1.165, 1.54) is 11.1 Å². The van der Waals surface area contributed by atoms with Gasteiger partial charge in [0.2, 0.25) is 0 Å². The van der Waals surface area contributed by atoms with E-state index in [2.05, 4.69) is 78.9 Å². The van der Waals surface area contributed by atoms with Crippen molar-refractivity contribution in [2.45, 2.75) is 13.1 Å². The Morgan fingerprint density at radius 1 is 0.870 bits per heavy atom. The molecule has 0 bridgehead atoms. The van der Waals surface area contributed by atoms with Gasteiger partial charge >= 0.3 is 10.4 Å². The van der Waals surface area contributed by atoms with Crippen molar-refractivity contribution in [3.63, 3.8) is 0 Å². The number of hydrogen-bond donors (Lipinski definition) is 1. The van der Waals surface area contributed by atoms with Crippen LogP contribution in [0.1, 0.15) is 11.1 Å². The maximum absolute atomic E-state index is 9.33. The van der Waals surface area contributed by atoms with Gasteiger partial charge in [-0.2, -0.15) is 8.42 Å². The predicted octanol–water partition coefficient (Wildman–Crippen LogP) is 2.90. The predicted molar refractivity (Wildman–Crippen MR) is 91.0 cm³/mol. The third-order valence-corrected chi connectivity index (χ3v) is 3.54. The molecule has 0 radical (unpaired) electrons. The summed E-state index contributed by atoms with van der Waals surface area (Å²) in [6, 6.07) is 21.4. The fraction of sp³-hybridized carbons (Fsp3) is 0.294. The van der Waals surface area contributed by atoms with Crippen LogP contribution < -0.4 is 0 Å². The van der Waals surface area contributed by atoms with Crippen LogP contribution >= 0.6 is 0 Å². The minimum atomic E-state index is -4.16. The minimum Gasteiger partial charge on any atom is -0.321 e. The summed E-state index contributed by atoms with van der Waals surface area (Å²) < 4.78 is 30.7. The molecular formula is C17H24NO4S+. The molecule has 126 valence electrons. The zero-order chi connectivity index (χ0) is 17.3. The van der Waals surface area contributed by atoms with Gasteiger partial charge in [-0.15, -0.1) is 0 Å². The highest BCUT2D eigenvalue weighted by Gasteiger charge is 2.16. The molecule has 1 N–H and O–H groups in total. The molecule has 0 spiro atoms. The SMILES string of the molecule is COS(=O)(=O)O.C[N+](C)(Cc1ccccc1)Cc1ccccc1. The van der Waals surface area contributed by atoms with Crippen LogP contribution in [0, 0.1) is 0 Å². The third-order valence-electron chi connectivity index (χ3n) is 3.12. The van der Waals surface area contributed by atoms with E-state index in [9.17, 15) is 8.42 Å². The molecule has 0 heterocycles. The fourth-order valence-electron chi connectivity index (χ4n) is 2.21. The Morgan fingerprint density at radius 3 is 1.43 bits per heavy atom. The second-order valence-corrected chi connectivity index (χ2v) is 7.01. The number of hydrogen-bond acceptors (Lipinski definition) is 3.